The first-order chi connectivity index (χ1) is 4.93. The summed E-state index contributed by atoms with van der Waals surface area (Å²) in [7, 11) is 0. The van der Waals surface area contributed by atoms with E-state index >= 15 is 0 Å². The fourth-order valence-corrected chi connectivity index (χ4v) is 0.534. The number of rotatable bonds is 1. The Hall–Kier alpha value is 0.0634. The monoisotopic (exact) mass is 246 g/mol. The molecule has 0 heterocycles. The molecule has 1 aromatic carbocycles. The second-order valence-electron chi connectivity index (χ2n) is 1.52. The average molecular weight is 248 g/mol. The van der Waals surface area contributed by atoms with Crippen LogP contribution in [0.1, 0.15) is 5.56 Å². The third-order valence-corrected chi connectivity index (χ3v) is 0.953. The summed E-state index contributed by atoms with van der Waals surface area (Å²) in [6.07, 6.45) is 1.78. The Balaban J connectivity index is 0.000000371. The summed E-state index contributed by atoms with van der Waals surface area (Å²) in [5.74, 6) is 0. The molecule has 0 unspecified atom stereocenters. The standard InChI is InChI=1S/C8H7.BrH.Zn/c1-2-8-6-4-3-5-7-8;;/h2-6H,1H2;1H;/q-1;;+2/p-1. The van der Waals surface area contributed by atoms with Gasteiger partial charge in [-0.2, -0.15) is 5.56 Å². The van der Waals surface area contributed by atoms with Gasteiger partial charge in [-0.25, -0.2) is 0 Å². The van der Waals surface area contributed by atoms with Gasteiger partial charge in [0.05, 0.1) is 0 Å². The molecule has 0 aliphatic rings. The Morgan fingerprint density at radius 1 is 1.50 bits per heavy atom. The summed E-state index contributed by atoms with van der Waals surface area (Å²) in [4.78, 5) is 0. The van der Waals surface area contributed by atoms with Crippen molar-refractivity contribution in [3.8, 4) is 0 Å². The van der Waals surface area contributed by atoms with Gasteiger partial charge in [-0.3, -0.25) is 0 Å². The van der Waals surface area contributed by atoms with Crippen LogP contribution < -0.4 is 0 Å². The Kier molecular flexibility index (Phi) is 7.22. The molecule has 1 rings (SSSR count). The van der Waals surface area contributed by atoms with Gasteiger partial charge in [-0.05, 0) is 0 Å². The zero-order valence-electron chi connectivity index (χ0n) is 5.68. The molecule has 0 spiro atoms. The molecule has 0 fully saturated rings. The molecule has 2 heteroatoms. The number of benzene rings is 1. The third-order valence-electron chi connectivity index (χ3n) is 0.953. The summed E-state index contributed by atoms with van der Waals surface area (Å²) in [6.45, 7) is 3.60. The Morgan fingerprint density at radius 3 is 2.50 bits per heavy atom. The van der Waals surface area contributed by atoms with Crippen LogP contribution in [0.4, 0.5) is 0 Å². The van der Waals surface area contributed by atoms with Crippen LogP contribution in [0.15, 0.2) is 30.8 Å². The van der Waals surface area contributed by atoms with Gasteiger partial charge < -0.3 is 0 Å². The number of halogens is 1. The van der Waals surface area contributed by atoms with Gasteiger partial charge in [-0.15, -0.1) is 43.0 Å². The molecule has 0 saturated heterocycles. The predicted octanol–water partition coefficient (Wildman–Crippen LogP) is 2.97. The van der Waals surface area contributed by atoms with Crippen LogP contribution in [0.3, 0.4) is 0 Å². The molecule has 48 valence electrons. The van der Waals surface area contributed by atoms with E-state index in [0.29, 0.717) is 0 Å². The molecule has 0 amide bonds. The van der Waals surface area contributed by atoms with E-state index in [1.807, 2.05) is 24.3 Å². The molecular weight excluding hydrogens is 241 g/mol. The van der Waals surface area contributed by atoms with Gasteiger partial charge in [-0.1, -0.05) is 0 Å². The first-order valence-corrected chi connectivity index (χ1v) is 9.74. The molecule has 0 atom stereocenters. The minimum atomic E-state index is 1.05. The van der Waals surface area contributed by atoms with E-state index in [-0.39, 0.29) is 0 Å². The molecular formula is C8H7BrZn. The Morgan fingerprint density at radius 2 is 2.20 bits per heavy atom. The van der Waals surface area contributed by atoms with Crippen molar-refractivity contribution < 1.29 is 16.3 Å². The summed E-state index contributed by atoms with van der Waals surface area (Å²) in [5.41, 5.74) is 1.05. The molecule has 0 N–H and O–H groups in total. The number of hydrogen-bond acceptors (Lipinski definition) is 0. The van der Waals surface area contributed by atoms with Crippen molar-refractivity contribution in [2.75, 3.05) is 0 Å². The maximum absolute atomic E-state index is 3.60. The van der Waals surface area contributed by atoms with Crippen LogP contribution in [0.2, 0.25) is 0 Å². The van der Waals surface area contributed by atoms with Gasteiger partial charge in [0, 0.05) is 0 Å². The van der Waals surface area contributed by atoms with Crippen LogP contribution in [0.5, 0.6) is 0 Å². The minimum absolute atomic E-state index is 1.05. The number of hydrogen-bond donors (Lipinski definition) is 0. The second-order valence-corrected chi connectivity index (χ2v) is 1.52. The molecule has 10 heavy (non-hydrogen) atoms. The summed E-state index contributed by atoms with van der Waals surface area (Å²) < 4.78 is 0. The van der Waals surface area contributed by atoms with Gasteiger partial charge >= 0.3 is 30.0 Å². The molecule has 0 bridgehead atoms. The van der Waals surface area contributed by atoms with Crippen LogP contribution in [-0.2, 0) is 16.3 Å². The van der Waals surface area contributed by atoms with Gasteiger partial charge in [0.25, 0.3) is 0 Å². The molecule has 0 aliphatic carbocycles. The fourth-order valence-electron chi connectivity index (χ4n) is 0.534. The van der Waals surface area contributed by atoms with Gasteiger partial charge in [0.1, 0.15) is 0 Å². The van der Waals surface area contributed by atoms with Gasteiger partial charge in [0.15, 0.2) is 0 Å². The zero-order chi connectivity index (χ0) is 7.82. The Bertz CT molecular complexity index is 172. The molecule has 1 aromatic rings. The van der Waals surface area contributed by atoms with Crippen molar-refractivity contribution in [2.24, 2.45) is 0 Å². The van der Waals surface area contributed by atoms with Crippen molar-refractivity contribution in [1.29, 1.82) is 0 Å². The SMILES string of the molecule is C=Cc1[c-]cccc1.[Zn+][Br]. The summed E-state index contributed by atoms with van der Waals surface area (Å²) in [6, 6.07) is 10.7. The van der Waals surface area contributed by atoms with Crippen molar-refractivity contribution >= 4 is 19.7 Å². The average Bonchev–Trinajstić information content (AvgIpc) is 2.10. The summed E-state index contributed by atoms with van der Waals surface area (Å²) >= 11 is 4.25. The fraction of sp³-hybridized carbons (Fsp3) is 0. The molecule has 0 radical (unpaired) electrons. The third kappa shape index (κ3) is 3.97. The predicted molar refractivity (Wildman–Crippen MR) is 44.3 cm³/mol. The normalized spacial score (nSPS) is 7.50. The quantitative estimate of drug-likeness (QED) is 0.529. The molecule has 0 saturated carbocycles. The van der Waals surface area contributed by atoms with Gasteiger partial charge in [0.2, 0.25) is 0 Å². The van der Waals surface area contributed by atoms with E-state index < -0.39 is 0 Å². The molecule has 0 nitrogen and oxygen atoms in total. The van der Waals surface area contributed by atoms with E-state index in [0.717, 1.165) is 5.56 Å². The first-order valence-electron chi connectivity index (χ1n) is 2.79. The van der Waals surface area contributed by atoms with E-state index in [1.54, 1.807) is 6.08 Å². The van der Waals surface area contributed by atoms with Crippen LogP contribution >= 0.6 is 13.6 Å². The van der Waals surface area contributed by atoms with Crippen LogP contribution in [-0.4, -0.2) is 0 Å². The summed E-state index contributed by atoms with van der Waals surface area (Å²) in [5, 5.41) is 0. The zero-order valence-corrected chi connectivity index (χ0v) is 10.2. The van der Waals surface area contributed by atoms with Crippen LogP contribution in [0.25, 0.3) is 6.08 Å². The molecule has 0 aromatic heterocycles. The van der Waals surface area contributed by atoms with Crippen molar-refractivity contribution in [3.63, 3.8) is 0 Å². The van der Waals surface area contributed by atoms with E-state index in [2.05, 4.69) is 26.3 Å². The molecule has 0 aliphatic heterocycles. The van der Waals surface area contributed by atoms with E-state index in [4.69, 9.17) is 0 Å². The Labute approximate surface area is 78.4 Å². The van der Waals surface area contributed by atoms with E-state index in [9.17, 15) is 0 Å². The maximum atomic E-state index is 3.60. The van der Waals surface area contributed by atoms with Crippen molar-refractivity contribution in [1.82, 2.24) is 0 Å². The first kappa shape index (κ1) is 10.1. The van der Waals surface area contributed by atoms with Crippen molar-refractivity contribution in [2.45, 2.75) is 0 Å². The van der Waals surface area contributed by atoms with E-state index in [1.165, 1.54) is 16.3 Å². The van der Waals surface area contributed by atoms with Crippen LogP contribution in [0, 0.1) is 6.07 Å². The topological polar surface area (TPSA) is 0 Å². The second kappa shape index (κ2) is 7.17. The van der Waals surface area contributed by atoms with Crippen molar-refractivity contribution in [3.05, 3.63) is 42.5 Å².